The van der Waals surface area contributed by atoms with Gasteiger partial charge in [-0.15, -0.1) is 6.58 Å². The molecule has 1 nitrogen and oxygen atoms in total. The smallest absolute Gasteiger partial charge is 0.0454 e. The van der Waals surface area contributed by atoms with Gasteiger partial charge < -0.3 is 5.32 Å². The van der Waals surface area contributed by atoms with Gasteiger partial charge in [-0.1, -0.05) is 36.4 Å². The van der Waals surface area contributed by atoms with Crippen molar-refractivity contribution >= 4 is 16.5 Å². The summed E-state index contributed by atoms with van der Waals surface area (Å²) in [6, 6.07) is 10.7. The Morgan fingerprint density at radius 3 is 2.75 bits per heavy atom. The third-order valence-electron chi connectivity index (χ3n) is 2.99. The highest BCUT2D eigenvalue weighted by Crippen LogP contribution is 2.29. The molecule has 2 rings (SSSR count). The van der Waals surface area contributed by atoms with Gasteiger partial charge in [0, 0.05) is 17.6 Å². The Labute approximate surface area is 96.8 Å². The van der Waals surface area contributed by atoms with Crippen LogP contribution in [-0.2, 0) is 0 Å². The second-order valence-corrected chi connectivity index (χ2v) is 4.08. The van der Waals surface area contributed by atoms with Crippen molar-refractivity contribution in [1.82, 2.24) is 0 Å². The molecule has 0 aliphatic rings. The minimum atomic E-state index is 0.800. The summed E-state index contributed by atoms with van der Waals surface area (Å²) in [6.07, 6.45) is 1.89. The van der Waals surface area contributed by atoms with Crippen LogP contribution >= 0.6 is 0 Å². The van der Waals surface area contributed by atoms with Gasteiger partial charge in [-0.3, -0.25) is 0 Å². The van der Waals surface area contributed by atoms with Gasteiger partial charge in [0.2, 0.25) is 0 Å². The molecule has 2 aromatic carbocycles. The lowest BCUT2D eigenvalue weighted by atomic mass is 10.00. The summed E-state index contributed by atoms with van der Waals surface area (Å²) in [6.45, 7) is 8.86. The molecule has 0 saturated heterocycles. The van der Waals surface area contributed by atoms with E-state index in [0.29, 0.717) is 0 Å². The zero-order valence-corrected chi connectivity index (χ0v) is 9.88. The normalized spacial score (nSPS) is 10.4. The second kappa shape index (κ2) is 4.40. The van der Waals surface area contributed by atoms with Crippen LogP contribution in [0.25, 0.3) is 10.8 Å². The van der Waals surface area contributed by atoms with Crippen molar-refractivity contribution < 1.29 is 0 Å². The molecule has 0 heterocycles. The van der Waals surface area contributed by atoms with E-state index in [2.05, 4.69) is 56.1 Å². The maximum Gasteiger partial charge on any atom is 0.0454 e. The van der Waals surface area contributed by atoms with Crippen LogP contribution in [0.5, 0.6) is 0 Å². The number of benzene rings is 2. The molecule has 0 atom stereocenters. The van der Waals surface area contributed by atoms with Crippen LogP contribution in [0.2, 0.25) is 0 Å². The summed E-state index contributed by atoms with van der Waals surface area (Å²) >= 11 is 0. The van der Waals surface area contributed by atoms with Crippen LogP contribution in [0.1, 0.15) is 11.1 Å². The zero-order valence-electron chi connectivity index (χ0n) is 9.88. The van der Waals surface area contributed by atoms with Gasteiger partial charge in [0.1, 0.15) is 0 Å². The quantitative estimate of drug-likeness (QED) is 0.755. The molecule has 0 radical (unpaired) electrons. The van der Waals surface area contributed by atoms with Crippen molar-refractivity contribution in [3.05, 3.63) is 54.1 Å². The Hall–Kier alpha value is -1.76. The van der Waals surface area contributed by atoms with Crippen molar-refractivity contribution in [3.63, 3.8) is 0 Å². The van der Waals surface area contributed by atoms with Crippen LogP contribution in [0.3, 0.4) is 0 Å². The number of anilines is 1. The van der Waals surface area contributed by atoms with Gasteiger partial charge in [0.25, 0.3) is 0 Å². The first kappa shape index (κ1) is 10.7. The highest BCUT2D eigenvalue weighted by molar-refractivity contribution is 5.96. The van der Waals surface area contributed by atoms with Crippen LogP contribution in [0.15, 0.2) is 43.0 Å². The maximum absolute atomic E-state index is 3.75. The molecule has 0 bridgehead atoms. The predicted molar refractivity (Wildman–Crippen MR) is 72.1 cm³/mol. The summed E-state index contributed by atoms with van der Waals surface area (Å²) in [5.74, 6) is 0. The standard InChI is InChI=1S/C15H17N/c1-4-9-16-15-12(3)11(2)10-13-7-5-6-8-14(13)15/h4-8,10,16H,1,9H2,2-3H3. The van der Waals surface area contributed by atoms with Gasteiger partial charge in [-0.2, -0.15) is 0 Å². The fourth-order valence-electron chi connectivity index (χ4n) is 1.99. The molecule has 16 heavy (non-hydrogen) atoms. The van der Waals surface area contributed by atoms with Crippen LogP contribution in [0.4, 0.5) is 5.69 Å². The Bertz CT molecular complexity index is 526. The molecule has 0 aliphatic carbocycles. The fourth-order valence-corrected chi connectivity index (χ4v) is 1.99. The summed E-state index contributed by atoms with van der Waals surface area (Å²) in [7, 11) is 0. The van der Waals surface area contributed by atoms with E-state index in [1.807, 2.05) is 6.08 Å². The molecule has 0 saturated carbocycles. The van der Waals surface area contributed by atoms with Gasteiger partial charge in [-0.25, -0.2) is 0 Å². The van der Waals surface area contributed by atoms with Crippen molar-refractivity contribution in [3.8, 4) is 0 Å². The van der Waals surface area contributed by atoms with E-state index >= 15 is 0 Å². The topological polar surface area (TPSA) is 12.0 Å². The maximum atomic E-state index is 3.75. The summed E-state index contributed by atoms with van der Waals surface area (Å²) in [5.41, 5.74) is 3.88. The molecule has 0 aliphatic heterocycles. The molecular weight excluding hydrogens is 194 g/mol. The molecule has 0 spiro atoms. The molecule has 0 fully saturated rings. The first-order valence-electron chi connectivity index (χ1n) is 5.57. The third-order valence-corrected chi connectivity index (χ3v) is 2.99. The van der Waals surface area contributed by atoms with Crippen molar-refractivity contribution in [2.24, 2.45) is 0 Å². The van der Waals surface area contributed by atoms with E-state index in [9.17, 15) is 0 Å². The van der Waals surface area contributed by atoms with E-state index in [-0.39, 0.29) is 0 Å². The lowest BCUT2D eigenvalue weighted by molar-refractivity contribution is 1.29. The summed E-state index contributed by atoms with van der Waals surface area (Å²) in [5, 5.41) is 6.00. The Balaban J connectivity index is 2.66. The largest absolute Gasteiger partial charge is 0.381 e. The van der Waals surface area contributed by atoms with Crippen LogP contribution in [-0.4, -0.2) is 6.54 Å². The van der Waals surface area contributed by atoms with Gasteiger partial charge in [0.05, 0.1) is 0 Å². The third kappa shape index (κ3) is 1.81. The number of nitrogens with one attached hydrogen (secondary N) is 1. The number of fused-ring (bicyclic) bond motifs is 1. The lowest BCUT2D eigenvalue weighted by Crippen LogP contribution is -2.01. The first-order chi connectivity index (χ1) is 7.74. The molecule has 0 aromatic heterocycles. The van der Waals surface area contributed by atoms with Gasteiger partial charge in [-0.05, 0) is 30.4 Å². The Morgan fingerprint density at radius 2 is 2.00 bits per heavy atom. The Morgan fingerprint density at radius 1 is 1.25 bits per heavy atom. The predicted octanol–water partition coefficient (Wildman–Crippen LogP) is 4.05. The number of hydrogen-bond donors (Lipinski definition) is 1. The molecule has 0 amide bonds. The minimum absolute atomic E-state index is 0.800. The van der Waals surface area contributed by atoms with E-state index in [1.54, 1.807) is 0 Å². The number of hydrogen-bond acceptors (Lipinski definition) is 1. The molecule has 1 N–H and O–H groups in total. The average Bonchev–Trinajstić information content (AvgIpc) is 2.30. The van der Waals surface area contributed by atoms with Crippen molar-refractivity contribution in [2.75, 3.05) is 11.9 Å². The SMILES string of the molecule is C=CCNc1c(C)c(C)cc2ccccc12. The molecule has 2 aromatic rings. The molecular formula is C15H17N. The van der Waals surface area contributed by atoms with E-state index in [4.69, 9.17) is 0 Å². The summed E-state index contributed by atoms with van der Waals surface area (Å²) in [4.78, 5) is 0. The second-order valence-electron chi connectivity index (χ2n) is 4.08. The average molecular weight is 211 g/mol. The highest BCUT2D eigenvalue weighted by Gasteiger charge is 2.06. The van der Waals surface area contributed by atoms with Crippen LogP contribution in [0, 0.1) is 13.8 Å². The first-order valence-corrected chi connectivity index (χ1v) is 5.57. The molecule has 1 heteroatoms. The highest BCUT2D eigenvalue weighted by atomic mass is 14.9. The molecule has 82 valence electrons. The van der Waals surface area contributed by atoms with Gasteiger partial charge >= 0.3 is 0 Å². The van der Waals surface area contributed by atoms with E-state index < -0.39 is 0 Å². The Kier molecular flexibility index (Phi) is 2.95. The number of rotatable bonds is 3. The van der Waals surface area contributed by atoms with E-state index in [1.165, 1.54) is 27.6 Å². The molecule has 0 unspecified atom stereocenters. The zero-order chi connectivity index (χ0) is 11.5. The monoisotopic (exact) mass is 211 g/mol. The van der Waals surface area contributed by atoms with Crippen molar-refractivity contribution in [2.45, 2.75) is 13.8 Å². The lowest BCUT2D eigenvalue weighted by Gasteiger charge is -2.14. The fraction of sp³-hybridized carbons (Fsp3) is 0.200. The minimum Gasteiger partial charge on any atom is -0.381 e. The van der Waals surface area contributed by atoms with Crippen LogP contribution < -0.4 is 5.32 Å². The van der Waals surface area contributed by atoms with Gasteiger partial charge in [0.15, 0.2) is 0 Å². The van der Waals surface area contributed by atoms with Crippen molar-refractivity contribution in [1.29, 1.82) is 0 Å². The summed E-state index contributed by atoms with van der Waals surface area (Å²) < 4.78 is 0. The number of aryl methyl sites for hydroxylation is 1. The van der Waals surface area contributed by atoms with E-state index in [0.717, 1.165) is 6.54 Å².